The van der Waals surface area contributed by atoms with Crippen molar-refractivity contribution >= 4 is 5.97 Å². The van der Waals surface area contributed by atoms with Crippen LogP contribution in [0, 0.1) is 0 Å². The molecule has 1 aromatic carbocycles. The molecule has 0 bridgehead atoms. The molecule has 0 saturated carbocycles. The number of carboxylic acid groups (broad SMARTS) is 1. The van der Waals surface area contributed by atoms with E-state index in [1.165, 1.54) is 5.56 Å². The lowest BCUT2D eigenvalue weighted by molar-refractivity contribution is -0.142. The van der Waals surface area contributed by atoms with Crippen molar-refractivity contribution in [2.45, 2.75) is 38.3 Å². The molecule has 2 aromatic rings. The summed E-state index contributed by atoms with van der Waals surface area (Å²) in [7, 11) is 1.64. The number of pyridine rings is 1. The summed E-state index contributed by atoms with van der Waals surface area (Å²) in [6, 6.07) is 11.3. The molecular formula is C20H24N2O3. The Kier molecular flexibility index (Phi) is 5.34. The summed E-state index contributed by atoms with van der Waals surface area (Å²) in [6.45, 7) is 2.85. The molecule has 1 aromatic heterocycles. The minimum Gasteiger partial charge on any atom is -0.497 e. The number of methoxy groups -OCH3 is 1. The Morgan fingerprint density at radius 2 is 2.08 bits per heavy atom. The van der Waals surface area contributed by atoms with Crippen LogP contribution in [0.5, 0.6) is 5.75 Å². The van der Waals surface area contributed by atoms with Crippen molar-refractivity contribution in [3.8, 4) is 5.75 Å². The third-order valence-electron chi connectivity index (χ3n) is 4.88. The van der Waals surface area contributed by atoms with E-state index >= 15 is 0 Å². The largest absolute Gasteiger partial charge is 0.497 e. The highest BCUT2D eigenvalue weighted by Crippen LogP contribution is 2.34. The molecule has 1 aliphatic heterocycles. The Bertz CT molecular complexity index is 665. The van der Waals surface area contributed by atoms with E-state index < -0.39 is 12.0 Å². The molecule has 1 fully saturated rings. The van der Waals surface area contributed by atoms with E-state index in [0.717, 1.165) is 36.4 Å². The summed E-state index contributed by atoms with van der Waals surface area (Å²) in [5.74, 6) is 0.0224. The van der Waals surface area contributed by atoms with Crippen molar-refractivity contribution in [2.24, 2.45) is 0 Å². The molecule has 1 aliphatic rings. The predicted molar refractivity (Wildman–Crippen MR) is 95.8 cm³/mol. The molecular weight excluding hydrogens is 316 g/mol. The third-order valence-corrected chi connectivity index (χ3v) is 4.88. The summed E-state index contributed by atoms with van der Waals surface area (Å²) < 4.78 is 5.25. The van der Waals surface area contributed by atoms with Gasteiger partial charge in [-0.1, -0.05) is 25.1 Å². The molecule has 1 N–H and O–H groups in total. The molecule has 0 aliphatic carbocycles. The minimum absolute atomic E-state index is 0.166. The van der Waals surface area contributed by atoms with Crippen LogP contribution >= 0.6 is 0 Å². The Balaban J connectivity index is 2.01. The molecule has 5 heteroatoms. The maximum atomic E-state index is 11.7. The lowest BCUT2D eigenvalue weighted by Gasteiger charge is -2.31. The van der Waals surface area contributed by atoms with Crippen LogP contribution in [-0.4, -0.2) is 40.7 Å². The van der Waals surface area contributed by atoms with Crippen LogP contribution in [0.2, 0.25) is 0 Å². The van der Waals surface area contributed by atoms with Crippen molar-refractivity contribution < 1.29 is 14.6 Å². The number of benzene rings is 1. The van der Waals surface area contributed by atoms with Crippen molar-refractivity contribution in [3.63, 3.8) is 0 Å². The molecule has 25 heavy (non-hydrogen) atoms. The number of aromatic nitrogens is 1. The van der Waals surface area contributed by atoms with E-state index in [9.17, 15) is 9.90 Å². The van der Waals surface area contributed by atoms with E-state index in [1.54, 1.807) is 7.11 Å². The fourth-order valence-electron chi connectivity index (χ4n) is 3.49. The monoisotopic (exact) mass is 340 g/mol. The van der Waals surface area contributed by atoms with Gasteiger partial charge in [0.2, 0.25) is 0 Å². The maximum Gasteiger partial charge on any atom is 0.320 e. The molecule has 2 atom stereocenters. The van der Waals surface area contributed by atoms with Crippen molar-refractivity contribution in [2.75, 3.05) is 13.7 Å². The maximum absolute atomic E-state index is 11.7. The quantitative estimate of drug-likeness (QED) is 0.874. The second kappa shape index (κ2) is 7.66. The molecule has 0 spiro atoms. The Morgan fingerprint density at radius 1 is 1.32 bits per heavy atom. The Morgan fingerprint density at radius 3 is 2.64 bits per heavy atom. The van der Waals surface area contributed by atoms with Gasteiger partial charge in [0.05, 0.1) is 18.8 Å². The fourth-order valence-corrected chi connectivity index (χ4v) is 3.49. The Hall–Kier alpha value is -2.40. The van der Waals surface area contributed by atoms with Gasteiger partial charge in [0.15, 0.2) is 0 Å². The highest BCUT2D eigenvalue weighted by Gasteiger charge is 2.37. The zero-order valence-electron chi connectivity index (χ0n) is 14.7. The van der Waals surface area contributed by atoms with Gasteiger partial charge in [-0.05, 0) is 48.6 Å². The fraction of sp³-hybridized carbons (Fsp3) is 0.400. The number of likely N-dealkylation sites (tertiary alicyclic amines) is 1. The van der Waals surface area contributed by atoms with Gasteiger partial charge in [-0.3, -0.25) is 14.7 Å². The number of hydrogen-bond acceptors (Lipinski definition) is 4. The van der Waals surface area contributed by atoms with Crippen molar-refractivity contribution in [1.29, 1.82) is 0 Å². The van der Waals surface area contributed by atoms with Gasteiger partial charge in [0.25, 0.3) is 0 Å². The van der Waals surface area contributed by atoms with Crippen molar-refractivity contribution in [3.05, 3.63) is 59.4 Å². The average Bonchev–Trinajstić information content (AvgIpc) is 3.13. The number of nitrogens with zero attached hydrogens (tertiary/aromatic N) is 2. The highest BCUT2D eigenvalue weighted by atomic mass is 16.5. The first-order chi connectivity index (χ1) is 12.1. The minimum atomic E-state index is -0.763. The topological polar surface area (TPSA) is 62.7 Å². The summed E-state index contributed by atoms with van der Waals surface area (Å²) >= 11 is 0. The van der Waals surface area contributed by atoms with Crippen molar-refractivity contribution in [1.82, 2.24) is 9.88 Å². The standard InChI is InChI=1S/C20H24N2O3/c1-3-14-6-11-17(21-13-14)19(15-7-9-16(25-2)10-8-15)22-12-4-5-18(22)20(23)24/h6-11,13,18-19H,3-5,12H2,1-2H3,(H,23,24). The molecule has 132 valence electrons. The normalized spacial score (nSPS) is 18.9. The van der Waals surface area contributed by atoms with Crippen LogP contribution in [0.4, 0.5) is 0 Å². The zero-order chi connectivity index (χ0) is 17.8. The molecule has 3 rings (SSSR count). The van der Waals surface area contributed by atoms with Gasteiger partial charge in [-0.25, -0.2) is 0 Å². The molecule has 1 saturated heterocycles. The Labute approximate surface area is 148 Å². The van der Waals surface area contributed by atoms with Gasteiger partial charge in [-0.15, -0.1) is 0 Å². The predicted octanol–water partition coefficient (Wildman–Crippen LogP) is 3.29. The zero-order valence-corrected chi connectivity index (χ0v) is 14.7. The molecule has 2 heterocycles. The van der Waals surface area contributed by atoms with Crippen LogP contribution in [0.15, 0.2) is 42.6 Å². The number of aliphatic carboxylic acids is 1. The highest BCUT2D eigenvalue weighted by molar-refractivity contribution is 5.74. The van der Waals surface area contributed by atoms with Crippen LogP contribution in [0.3, 0.4) is 0 Å². The van der Waals surface area contributed by atoms with E-state index in [2.05, 4.69) is 22.9 Å². The van der Waals surface area contributed by atoms with Crippen LogP contribution in [0.25, 0.3) is 0 Å². The lowest BCUT2D eigenvalue weighted by atomic mass is 9.99. The molecule has 0 radical (unpaired) electrons. The SMILES string of the molecule is CCc1ccc(C(c2ccc(OC)cc2)N2CCCC2C(=O)O)nc1. The second-order valence-electron chi connectivity index (χ2n) is 6.35. The van der Waals surface area contributed by atoms with Gasteiger partial charge >= 0.3 is 5.97 Å². The summed E-state index contributed by atoms with van der Waals surface area (Å²) in [5, 5.41) is 9.61. The molecule has 0 amide bonds. The molecule has 2 unspecified atom stereocenters. The van der Waals surface area contributed by atoms with Gasteiger partial charge < -0.3 is 9.84 Å². The number of rotatable bonds is 6. The number of hydrogen-bond donors (Lipinski definition) is 1. The van der Waals surface area contributed by atoms with Gasteiger partial charge in [-0.2, -0.15) is 0 Å². The number of ether oxygens (including phenoxy) is 1. The lowest BCUT2D eigenvalue weighted by Crippen LogP contribution is -2.39. The van der Waals surface area contributed by atoms with Gasteiger partial charge in [0, 0.05) is 12.7 Å². The first-order valence-corrected chi connectivity index (χ1v) is 8.71. The smallest absolute Gasteiger partial charge is 0.320 e. The molecule has 5 nitrogen and oxygen atoms in total. The van der Waals surface area contributed by atoms with Crippen LogP contribution < -0.4 is 4.74 Å². The first kappa shape index (κ1) is 17.4. The summed E-state index contributed by atoms with van der Waals surface area (Å²) in [4.78, 5) is 18.4. The van der Waals surface area contributed by atoms with E-state index in [1.807, 2.05) is 36.5 Å². The average molecular weight is 340 g/mol. The first-order valence-electron chi connectivity index (χ1n) is 8.71. The summed E-state index contributed by atoms with van der Waals surface area (Å²) in [5.41, 5.74) is 3.09. The van der Waals surface area contributed by atoms with Crippen LogP contribution in [0.1, 0.15) is 42.6 Å². The van der Waals surface area contributed by atoms with Gasteiger partial charge in [0.1, 0.15) is 11.8 Å². The van der Waals surface area contributed by atoms with E-state index in [4.69, 9.17) is 4.74 Å². The number of carboxylic acids is 1. The number of carbonyl (C=O) groups is 1. The number of aryl methyl sites for hydroxylation is 1. The van der Waals surface area contributed by atoms with E-state index in [0.29, 0.717) is 6.42 Å². The van der Waals surface area contributed by atoms with E-state index in [-0.39, 0.29) is 6.04 Å². The third kappa shape index (κ3) is 3.66. The second-order valence-corrected chi connectivity index (χ2v) is 6.35. The van der Waals surface area contributed by atoms with Crippen LogP contribution in [-0.2, 0) is 11.2 Å². The summed E-state index contributed by atoms with van der Waals surface area (Å²) in [6.07, 6.45) is 4.38.